The van der Waals surface area contributed by atoms with E-state index in [0.29, 0.717) is 6.04 Å². The van der Waals surface area contributed by atoms with Crippen molar-refractivity contribution in [1.29, 1.82) is 0 Å². The van der Waals surface area contributed by atoms with E-state index in [2.05, 4.69) is 18.7 Å². The third-order valence-electron chi connectivity index (χ3n) is 5.35. The minimum Gasteiger partial charge on any atom is -0.329 e. The zero-order valence-electron chi connectivity index (χ0n) is 12.4. The maximum absolute atomic E-state index is 6.10. The highest BCUT2D eigenvalue weighted by atomic mass is 15.2. The lowest BCUT2D eigenvalue weighted by Crippen LogP contribution is -2.49. The summed E-state index contributed by atoms with van der Waals surface area (Å²) in [6.07, 6.45) is 11.3. The van der Waals surface area contributed by atoms with Crippen LogP contribution in [-0.2, 0) is 0 Å². The average Bonchev–Trinajstić information content (AvgIpc) is 2.99. The standard InChI is InChI=1S/C16H32N2/c1-3-7-13(2)16(12-17)18-11-6-10-15(18)14-8-4-5-9-14/h13-16H,3-12,17H2,1-2H3. The molecule has 106 valence electrons. The van der Waals surface area contributed by atoms with E-state index in [0.717, 1.165) is 24.4 Å². The molecule has 2 N–H and O–H groups in total. The van der Waals surface area contributed by atoms with Crippen LogP contribution in [0.4, 0.5) is 0 Å². The van der Waals surface area contributed by atoms with Gasteiger partial charge in [-0.2, -0.15) is 0 Å². The lowest BCUT2D eigenvalue weighted by molar-refractivity contribution is 0.101. The van der Waals surface area contributed by atoms with Crippen molar-refractivity contribution >= 4 is 0 Å². The smallest absolute Gasteiger partial charge is 0.0247 e. The molecule has 3 unspecified atom stereocenters. The number of hydrogen-bond donors (Lipinski definition) is 1. The Hall–Kier alpha value is -0.0800. The Morgan fingerprint density at radius 2 is 1.89 bits per heavy atom. The molecule has 2 heteroatoms. The predicted molar refractivity (Wildman–Crippen MR) is 78.6 cm³/mol. The molecule has 1 saturated carbocycles. The summed E-state index contributed by atoms with van der Waals surface area (Å²) in [6.45, 7) is 6.86. The van der Waals surface area contributed by atoms with Crippen molar-refractivity contribution in [2.75, 3.05) is 13.1 Å². The molecule has 3 atom stereocenters. The second-order valence-corrected chi connectivity index (χ2v) is 6.56. The molecule has 0 radical (unpaired) electrons. The van der Waals surface area contributed by atoms with Crippen molar-refractivity contribution < 1.29 is 0 Å². The monoisotopic (exact) mass is 252 g/mol. The van der Waals surface area contributed by atoms with E-state index in [-0.39, 0.29) is 0 Å². The molecule has 0 amide bonds. The maximum Gasteiger partial charge on any atom is 0.0247 e. The van der Waals surface area contributed by atoms with Crippen molar-refractivity contribution in [1.82, 2.24) is 4.90 Å². The topological polar surface area (TPSA) is 29.3 Å². The van der Waals surface area contributed by atoms with E-state index in [1.54, 1.807) is 0 Å². The average molecular weight is 252 g/mol. The zero-order chi connectivity index (χ0) is 13.0. The number of nitrogens with two attached hydrogens (primary N) is 1. The first-order valence-corrected chi connectivity index (χ1v) is 8.23. The van der Waals surface area contributed by atoms with E-state index in [1.807, 2.05) is 0 Å². The number of likely N-dealkylation sites (tertiary alicyclic amines) is 1. The fraction of sp³-hybridized carbons (Fsp3) is 1.00. The van der Waals surface area contributed by atoms with Crippen molar-refractivity contribution in [2.24, 2.45) is 17.6 Å². The predicted octanol–water partition coefficient (Wildman–Crippen LogP) is 3.40. The van der Waals surface area contributed by atoms with Gasteiger partial charge in [-0.25, -0.2) is 0 Å². The molecule has 0 aromatic carbocycles. The molecular weight excluding hydrogens is 220 g/mol. The lowest BCUT2D eigenvalue weighted by Gasteiger charge is -2.38. The van der Waals surface area contributed by atoms with Crippen LogP contribution in [0.15, 0.2) is 0 Å². The summed E-state index contributed by atoms with van der Waals surface area (Å²) in [6, 6.07) is 1.50. The van der Waals surface area contributed by atoms with Gasteiger partial charge < -0.3 is 5.73 Å². The van der Waals surface area contributed by atoms with Gasteiger partial charge in [0, 0.05) is 18.6 Å². The largest absolute Gasteiger partial charge is 0.329 e. The van der Waals surface area contributed by atoms with Gasteiger partial charge >= 0.3 is 0 Å². The summed E-state index contributed by atoms with van der Waals surface area (Å²) < 4.78 is 0. The van der Waals surface area contributed by atoms with Crippen molar-refractivity contribution in [3.63, 3.8) is 0 Å². The first kappa shape index (κ1) is 14.3. The molecule has 0 aromatic rings. The van der Waals surface area contributed by atoms with E-state index in [9.17, 15) is 0 Å². The lowest BCUT2D eigenvalue weighted by atomic mass is 9.91. The van der Waals surface area contributed by atoms with Crippen molar-refractivity contribution in [3.8, 4) is 0 Å². The number of nitrogens with zero attached hydrogens (tertiary/aromatic N) is 1. The number of rotatable bonds is 6. The van der Waals surface area contributed by atoms with Crippen LogP contribution >= 0.6 is 0 Å². The molecule has 1 heterocycles. The molecule has 2 rings (SSSR count). The summed E-state index contributed by atoms with van der Waals surface area (Å²) in [5.74, 6) is 1.75. The van der Waals surface area contributed by atoms with Crippen LogP contribution in [-0.4, -0.2) is 30.1 Å². The van der Waals surface area contributed by atoms with Gasteiger partial charge in [0.05, 0.1) is 0 Å². The molecule has 2 fully saturated rings. The Morgan fingerprint density at radius 1 is 1.17 bits per heavy atom. The van der Waals surface area contributed by atoms with Crippen LogP contribution in [0.2, 0.25) is 0 Å². The third kappa shape index (κ3) is 3.08. The maximum atomic E-state index is 6.10. The van der Waals surface area contributed by atoms with Gasteiger partial charge in [-0.1, -0.05) is 33.1 Å². The van der Waals surface area contributed by atoms with Crippen LogP contribution in [0.1, 0.15) is 65.2 Å². The Balaban J connectivity index is 1.99. The van der Waals surface area contributed by atoms with Gasteiger partial charge in [0.2, 0.25) is 0 Å². The van der Waals surface area contributed by atoms with Crippen LogP contribution < -0.4 is 5.73 Å². The molecule has 18 heavy (non-hydrogen) atoms. The van der Waals surface area contributed by atoms with E-state index in [1.165, 1.54) is 57.9 Å². The first-order valence-electron chi connectivity index (χ1n) is 8.23. The van der Waals surface area contributed by atoms with Gasteiger partial charge in [0.1, 0.15) is 0 Å². The minimum absolute atomic E-state index is 0.637. The van der Waals surface area contributed by atoms with Gasteiger partial charge in [-0.3, -0.25) is 4.90 Å². The second-order valence-electron chi connectivity index (χ2n) is 6.56. The molecule has 1 aliphatic heterocycles. The molecule has 1 aliphatic carbocycles. The Bertz CT molecular complexity index is 235. The van der Waals surface area contributed by atoms with Crippen molar-refractivity contribution in [3.05, 3.63) is 0 Å². The highest BCUT2D eigenvalue weighted by Crippen LogP contribution is 2.37. The summed E-state index contributed by atoms with van der Waals surface area (Å²) in [7, 11) is 0. The highest BCUT2D eigenvalue weighted by molar-refractivity contribution is 4.92. The van der Waals surface area contributed by atoms with E-state index < -0.39 is 0 Å². The normalized spacial score (nSPS) is 29.8. The Kier molecular flexibility index (Phi) is 5.50. The van der Waals surface area contributed by atoms with Crippen LogP contribution in [0.3, 0.4) is 0 Å². The van der Waals surface area contributed by atoms with Gasteiger partial charge in [0.15, 0.2) is 0 Å². The van der Waals surface area contributed by atoms with Crippen LogP contribution in [0, 0.1) is 11.8 Å². The summed E-state index contributed by atoms with van der Waals surface area (Å²) in [4.78, 5) is 2.80. The molecule has 2 nitrogen and oxygen atoms in total. The van der Waals surface area contributed by atoms with Gasteiger partial charge in [-0.05, 0) is 50.5 Å². The van der Waals surface area contributed by atoms with E-state index >= 15 is 0 Å². The minimum atomic E-state index is 0.637. The van der Waals surface area contributed by atoms with E-state index in [4.69, 9.17) is 5.73 Å². The molecule has 0 aromatic heterocycles. The van der Waals surface area contributed by atoms with Crippen LogP contribution in [0.25, 0.3) is 0 Å². The summed E-state index contributed by atoms with van der Waals surface area (Å²) >= 11 is 0. The quantitative estimate of drug-likeness (QED) is 0.785. The molecule has 0 spiro atoms. The fourth-order valence-electron chi connectivity index (χ4n) is 4.42. The highest BCUT2D eigenvalue weighted by Gasteiger charge is 2.37. The van der Waals surface area contributed by atoms with Crippen LogP contribution in [0.5, 0.6) is 0 Å². The van der Waals surface area contributed by atoms with Gasteiger partial charge in [-0.15, -0.1) is 0 Å². The third-order valence-corrected chi connectivity index (χ3v) is 5.35. The van der Waals surface area contributed by atoms with Crippen molar-refractivity contribution in [2.45, 2.75) is 77.3 Å². The molecular formula is C16H32N2. The molecule has 2 aliphatic rings. The second kappa shape index (κ2) is 6.91. The fourth-order valence-corrected chi connectivity index (χ4v) is 4.42. The zero-order valence-corrected chi connectivity index (χ0v) is 12.4. The molecule has 0 bridgehead atoms. The SMILES string of the molecule is CCCC(C)C(CN)N1CCCC1C1CCCC1. The first-order chi connectivity index (χ1) is 8.77. The molecule has 1 saturated heterocycles. The van der Waals surface area contributed by atoms with Gasteiger partial charge in [0.25, 0.3) is 0 Å². The summed E-state index contributed by atoms with van der Waals surface area (Å²) in [5.41, 5.74) is 6.10. The number of hydrogen-bond acceptors (Lipinski definition) is 2. The summed E-state index contributed by atoms with van der Waals surface area (Å²) in [5, 5.41) is 0. The Labute approximate surface area is 113 Å². The Morgan fingerprint density at radius 3 is 2.50 bits per heavy atom.